The van der Waals surface area contributed by atoms with Gasteiger partial charge >= 0.3 is 0 Å². The van der Waals surface area contributed by atoms with Crippen molar-refractivity contribution in [1.82, 2.24) is 9.55 Å². The molecule has 2 aromatic heterocycles. The first-order valence-electron chi connectivity index (χ1n) is 7.77. The number of hydrogen-bond acceptors (Lipinski definition) is 4. The number of rotatable bonds is 2. The second-order valence-electron chi connectivity index (χ2n) is 6.04. The van der Waals surface area contributed by atoms with E-state index in [1.54, 1.807) is 15.9 Å². The van der Waals surface area contributed by atoms with Gasteiger partial charge < -0.3 is 4.90 Å². The molecular weight excluding hydrogens is 362 g/mol. The molecule has 4 nitrogen and oxygen atoms in total. The summed E-state index contributed by atoms with van der Waals surface area (Å²) < 4.78 is 1.69. The molecule has 3 aromatic rings. The zero-order valence-electron chi connectivity index (χ0n) is 13.4. The van der Waals surface area contributed by atoms with Gasteiger partial charge in [-0.3, -0.25) is 9.36 Å². The lowest BCUT2D eigenvalue weighted by atomic mass is 10.1. The van der Waals surface area contributed by atoms with E-state index in [1.165, 1.54) is 27.1 Å². The number of thiophene rings is 1. The highest BCUT2D eigenvalue weighted by Gasteiger charge is 2.25. The Morgan fingerprint density at radius 2 is 2.25 bits per heavy atom. The van der Waals surface area contributed by atoms with E-state index in [9.17, 15) is 4.79 Å². The van der Waals surface area contributed by atoms with Gasteiger partial charge in [-0.05, 0) is 30.0 Å². The standard InChI is InChI=1S/C17H16ClN3OS2/c1-20-7-6-12-13(9-20)24-15-14(12)16(22)21(17(19-15)23-2)11-5-3-4-10(18)8-11/h3-5,8H,6-7,9H2,1-2H3/p+1. The number of thioether (sulfide) groups is 1. The minimum absolute atomic E-state index is 0.0173. The van der Waals surface area contributed by atoms with Crippen LogP contribution in [0, 0.1) is 0 Å². The third-order valence-electron chi connectivity index (χ3n) is 4.39. The molecule has 0 amide bonds. The zero-order valence-corrected chi connectivity index (χ0v) is 15.8. The molecule has 0 spiro atoms. The predicted octanol–water partition coefficient (Wildman–Crippen LogP) is 2.39. The topological polar surface area (TPSA) is 39.3 Å². The lowest BCUT2D eigenvalue weighted by Crippen LogP contribution is -3.08. The number of quaternary nitrogens is 1. The van der Waals surface area contributed by atoms with Crippen LogP contribution in [0.4, 0.5) is 0 Å². The van der Waals surface area contributed by atoms with Crippen LogP contribution in [-0.2, 0) is 13.0 Å². The highest BCUT2D eigenvalue weighted by atomic mass is 35.5. The molecular formula is C17H17ClN3OS2+. The van der Waals surface area contributed by atoms with Crippen molar-refractivity contribution in [3.05, 3.63) is 50.1 Å². The minimum atomic E-state index is 0.0173. The lowest BCUT2D eigenvalue weighted by molar-refractivity contribution is -0.895. The van der Waals surface area contributed by atoms with Crippen LogP contribution in [-0.4, -0.2) is 29.4 Å². The van der Waals surface area contributed by atoms with Crippen molar-refractivity contribution in [2.75, 3.05) is 19.8 Å². The average Bonchev–Trinajstić information content (AvgIpc) is 2.91. The molecule has 3 heterocycles. The number of nitrogens with one attached hydrogen (secondary N) is 1. The molecule has 0 bridgehead atoms. The summed E-state index contributed by atoms with van der Waals surface area (Å²) in [6.07, 6.45) is 2.88. The maximum absolute atomic E-state index is 13.3. The van der Waals surface area contributed by atoms with Gasteiger partial charge in [0.15, 0.2) is 5.16 Å². The summed E-state index contributed by atoms with van der Waals surface area (Å²) in [4.78, 5) is 21.7. The maximum Gasteiger partial charge on any atom is 0.267 e. The smallest absolute Gasteiger partial charge is 0.267 e. The van der Waals surface area contributed by atoms with E-state index in [4.69, 9.17) is 16.6 Å². The van der Waals surface area contributed by atoms with E-state index in [0.717, 1.165) is 35.4 Å². The first kappa shape index (κ1) is 16.1. The Hall–Kier alpha value is -1.34. The van der Waals surface area contributed by atoms with Gasteiger partial charge in [-0.1, -0.05) is 29.4 Å². The second kappa shape index (κ2) is 6.19. The van der Waals surface area contributed by atoms with Gasteiger partial charge in [0.25, 0.3) is 5.56 Å². The van der Waals surface area contributed by atoms with Gasteiger partial charge in [-0.25, -0.2) is 4.98 Å². The second-order valence-corrected chi connectivity index (χ2v) is 8.33. The molecule has 1 N–H and O–H groups in total. The monoisotopic (exact) mass is 378 g/mol. The fraction of sp³-hybridized carbons (Fsp3) is 0.294. The predicted molar refractivity (Wildman–Crippen MR) is 101 cm³/mol. The van der Waals surface area contributed by atoms with E-state index in [-0.39, 0.29) is 5.56 Å². The van der Waals surface area contributed by atoms with Gasteiger partial charge in [0, 0.05) is 11.4 Å². The van der Waals surface area contributed by atoms with Crippen molar-refractivity contribution in [3.8, 4) is 5.69 Å². The Bertz CT molecular complexity index is 995. The summed E-state index contributed by atoms with van der Waals surface area (Å²) in [5.41, 5.74) is 1.98. The van der Waals surface area contributed by atoms with E-state index in [1.807, 2.05) is 30.5 Å². The van der Waals surface area contributed by atoms with Crippen molar-refractivity contribution in [1.29, 1.82) is 0 Å². The molecule has 1 atom stereocenters. The molecule has 0 saturated carbocycles. The highest BCUT2D eigenvalue weighted by molar-refractivity contribution is 7.98. The van der Waals surface area contributed by atoms with Crippen LogP contribution in [0.5, 0.6) is 0 Å². The third kappa shape index (κ3) is 2.58. The van der Waals surface area contributed by atoms with E-state index >= 15 is 0 Å². The Kier molecular flexibility index (Phi) is 4.16. The average molecular weight is 379 g/mol. The molecule has 1 aliphatic heterocycles. The molecule has 24 heavy (non-hydrogen) atoms. The SMILES string of the molecule is CSc1nc2sc3c(c2c(=O)n1-c1cccc(Cl)c1)CC[NH+](C)C3. The van der Waals surface area contributed by atoms with Gasteiger partial charge in [-0.15, -0.1) is 11.3 Å². The molecule has 1 aliphatic rings. The zero-order chi connectivity index (χ0) is 16.8. The van der Waals surface area contributed by atoms with Crippen LogP contribution < -0.4 is 10.5 Å². The van der Waals surface area contributed by atoms with Crippen LogP contribution in [0.2, 0.25) is 5.02 Å². The summed E-state index contributed by atoms with van der Waals surface area (Å²) >= 11 is 9.28. The number of hydrogen-bond donors (Lipinski definition) is 1. The normalized spacial score (nSPS) is 17.2. The first-order chi connectivity index (χ1) is 11.6. The lowest BCUT2D eigenvalue weighted by Gasteiger charge is -2.19. The van der Waals surface area contributed by atoms with Crippen LogP contribution in [0.15, 0.2) is 34.2 Å². The summed E-state index contributed by atoms with van der Waals surface area (Å²) in [6.45, 7) is 2.03. The molecule has 1 aromatic carbocycles. The van der Waals surface area contributed by atoms with E-state index < -0.39 is 0 Å². The molecule has 7 heteroatoms. The van der Waals surface area contributed by atoms with Gasteiger partial charge in [0.1, 0.15) is 11.4 Å². The molecule has 0 radical (unpaired) electrons. The molecule has 124 valence electrons. The van der Waals surface area contributed by atoms with Crippen LogP contribution in [0.3, 0.4) is 0 Å². The Morgan fingerprint density at radius 3 is 3.00 bits per heavy atom. The molecule has 4 rings (SSSR count). The number of benzene rings is 1. The summed E-state index contributed by atoms with van der Waals surface area (Å²) in [5, 5.41) is 2.11. The van der Waals surface area contributed by atoms with Crippen LogP contribution >= 0.6 is 34.7 Å². The van der Waals surface area contributed by atoms with Gasteiger partial charge in [0.2, 0.25) is 0 Å². The van der Waals surface area contributed by atoms with Gasteiger partial charge in [-0.2, -0.15) is 0 Å². The van der Waals surface area contributed by atoms with Gasteiger partial charge in [0.05, 0.1) is 29.5 Å². The summed E-state index contributed by atoms with van der Waals surface area (Å²) in [5.74, 6) is 0. The van der Waals surface area contributed by atoms with Crippen molar-refractivity contribution in [2.24, 2.45) is 0 Å². The quantitative estimate of drug-likeness (QED) is 0.549. The number of halogens is 1. The molecule has 0 fully saturated rings. The fourth-order valence-corrected chi connectivity index (χ4v) is 5.34. The van der Waals surface area contributed by atoms with Crippen molar-refractivity contribution >= 4 is 44.9 Å². The van der Waals surface area contributed by atoms with Crippen molar-refractivity contribution < 1.29 is 4.90 Å². The largest absolute Gasteiger partial charge is 0.333 e. The number of likely N-dealkylation sites (N-methyl/N-ethyl adjacent to an activating group) is 1. The number of aromatic nitrogens is 2. The van der Waals surface area contributed by atoms with Crippen LogP contribution in [0.1, 0.15) is 10.4 Å². The minimum Gasteiger partial charge on any atom is -0.333 e. The maximum atomic E-state index is 13.3. The summed E-state index contributed by atoms with van der Waals surface area (Å²) in [6, 6.07) is 7.38. The van der Waals surface area contributed by atoms with E-state index in [0.29, 0.717) is 10.2 Å². The third-order valence-corrected chi connectivity index (χ3v) is 6.39. The van der Waals surface area contributed by atoms with E-state index in [2.05, 4.69) is 7.05 Å². The van der Waals surface area contributed by atoms with Crippen LogP contribution in [0.25, 0.3) is 15.9 Å². The van der Waals surface area contributed by atoms with Crippen molar-refractivity contribution in [3.63, 3.8) is 0 Å². The molecule has 0 aliphatic carbocycles. The molecule has 1 unspecified atom stereocenters. The summed E-state index contributed by atoms with van der Waals surface area (Å²) in [7, 11) is 2.19. The Labute approximate surface area is 153 Å². The Balaban J connectivity index is 2.03. The molecule has 0 saturated heterocycles. The fourth-order valence-electron chi connectivity index (χ4n) is 3.22. The number of nitrogens with zero attached hydrogens (tertiary/aromatic N) is 2. The van der Waals surface area contributed by atoms with Crippen molar-refractivity contribution in [2.45, 2.75) is 18.1 Å². The highest BCUT2D eigenvalue weighted by Crippen LogP contribution is 2.31. The Morgan fingerprint density at radius 1 is 1.42 bits per heavy atom. The first-order valence-corrected chi connectivity index (χ1v) is 10.2. The number of fused-ring (bicyclic) bond motifs is 3.